The van der Waals surface area contributed by atoms with Crippen molar-refractivity contribution in [3.05, 3.63) is 23.5 Å². The van der Waals surface area contributed by atoms with E-state index < -0.39 is 0 Å². The summed E-state index contributed by atoms with van der Waals surface area (Å²) in [6.45, 7) is 0. The van der Waals surface area contributed by atoms with E-state index in [1.54, 1.807) is 18.5 Å². The standard InChI is InChI=1S/C7H3N3S/c8-3-7-10-5-1-2-9-4-6(5)11-7/h1-2,4H. The SMILES string of the molecule is N#Cc1nc2ccncc2s1. The first kappa shape index (κ1) is 6.25. The lowest BCUT2D eigenvalue weighted by molar-refractivity contribution is 1.34. The van der Waals surface area contributed by atoms with Crippen molar-refractivity contribution in [1.29, 1.82) is 5.26 Å². The summed E-state index contributed by atoms with van der Waals surface area (Å²) >= 11 is 1.36. The van der Waals surface area contributed by atoms with Gasteiger partial charge in [0.1, 0.15) is 6.07 Å². The first-order valence-corrected chi connectivity index (χ1v) is 3.82. The van der Waals surface area contributed by atoms with Gasteiger partial charge in [0.05, 0.1) is 10.2 Å². The van der Waals surface area contributed by atoms with Crippen molar-refractivity contribution in [1.82, 2.24) is 9.97 Å². The molecule has 2 aromatic rings. The normalized spacial score (nSPS) is 9.73. The van der Waals surface area contributed by atoms with Gasteiger partial charge in [-0.1, -0.05) is 0 Å². The number of hydrogen-bond donors (Lipinski definition) is 0. The van der Waals surface area contributed by atoms with Crippen LogP contribution in [0.3, 0.4) is 0 Å². The van der Waals surface area contributed by atoms with Crippen LogP contribution < -0.4 is 0 Å². The van der Waals surface area contributed by atoms with E-state index in [-0.39, 0.29) is 0 Å². The molecule has 2 heterocycles. The van der Waals surface area contributed by atoms with Crippen molar-refractivity contribution in [2.24, 2.45) is 0 Å². The summed E-state index contributed by atoms with van der Waals surface area (Å²) in [4.78, 5) is 7.97. The van der Waals surface area contributed by atoms with Crippen LogP contribution in [-0.2, 0) is 0 Å². The molecule has 0 aliphatic heterocycles. The fourth-order valence-electron chi connectivity index (χ4n) is 0.828. The second-order valence-electron chi connectivity index (χ2n) is 1.97. The number of nitrogens with zero attached hydrogens (tertiary/aromatic N) is 3. The summed E-state index contributed by atoms with van der Waals surface area (Å²) in [7, 11) is 0. The number of aromatic nitrogens is 2. The molecule has 2 rings (SSSR count). The number of fused-ring (bicyclic) bond motifs is 1. The molecule has 0 saturated carbocycles. The summed E-state index contributed by atoms with van der Waals surface area (Å²) in [5.74, 6) is 0. The van der Waals surface area contributed by atoms with Crippen LogP contribution in [0.5, 0.6) is 0 Å². The second kappa shape index (κ2) is 2.29. The Morgan fingerprint density at radius 1 is 1.55 bits per heavy atom. The van der Waals surface area contributed by atoms with Crippen LogP contribution in [0.4, 0.5) is 0 Å². The zero-order valence-electron chi connectivity index (χ0n) is 5.48. The molecule has 0 unspecified atom stereocenters. The summed E-state index contributed by atoms with van der Waals surface area (Å²) in [6.07, 6.45) is 3.39. The minimum Gasteiger partial charge on any atom is -0.263 e. The Balaban J connectivity index is 2.81. The number of nitriles is 1. The van der Waals surface area contributed by atoms with Crippen LogP contribution >= 0.6 is 11.3 Å². The summed E-state index contributed by atoms with van der Waals surface area (Å²) in [5.41, 5.74) is 0.849. The Kier molecular flexibility index (Phi) is 1.30. The Morgan fingerprint density at radius 3 is 3.18 bits per heavy atom. The molecular weight excluding hydrogens is 158 g/mol. The molecule has 0 radical (unpaired) electrons. The van der Waals surface area contributed by atoms with E-state index in [0.29, 0.717) is 5.01 Å². The average Bonchev–Trinajstić information content (AvgIpc) is 2.46. The average molecular weight is 161 g/mol. The smallest absolute Gasteiger partial charge is 0.195 e. The van der Waals surface area contributed by atoms with Gasteiger partial charge in [0, 0.05) is 12.4 Å². The van der Waals surface area contributed by atoms with Crippen molar-refractivity contribution >= 4 is 21.6 Å². The molecule has 0 aliphatic rings. The Bertz CT molecular complexity index is 393. The predicted octanol–water partition coefficient (Wildman–Crippen LogP) is 1.56. The number of pyridine rings is 1. The lowest BCUT2D eigenvalue weighted by Crippen LogP contribution is -1.69. The molecule has 4 heteroatoms. The highest BCUT2D eigenvalue weighted by Gasteiger charge is 2.00. The molecule has 2 aromatic heterocycles. The molecule has 0 atom stereocenters. The fraction of sp³-hybridized carbons (Fsp3) is 0. The van der Waals surface area contributed by atoms with Crippen LogP contribution in [0, 0.1) is 11.3 Å². The highest BCUT2D eigenvalue weighted by atomic mass is 32.1. The second-order valence-corrected chi connectivity index (χ2v) is 3.00. The summed E-state index contributed by atoms with van der Waals surface area (Å²) in [5, 5.41) is 9.01. The Morgan fingerprint density at radius 2 is 2.45 bits per heavy atom. The molecule has 0 aromatic carbocycles. The monoisotopic (exact) mass is 161 g/mol. The van der Waals surface area contributed by atoms with Crippen molar-refractivity contribution in [2.75, 3.05) is 0 Å². The maximum Gasteiger partial charge on any atom is 0.195 e. The number of rotatable bonds is 0. The predicted molar refractivity (Wildman–Crippen MR) is 42.1 cm³/mol. The number of thiazole rings is 1. The van der Waals surface area contributed by atoms with Gasteiger partial charge in [0.15, 0.2) is 5.01 Å². The van der Waals surface area contributed by atoms with Gasteiger partial charge in [-0.15, -0.1) is 11.3 Å². The molecular formula is C7H3N3S. The van der Waals surface area contributed by atoms with E-state index in [0.717, 1.165) is 10.2 Å². The van der Waals surface area contributed by atoms with E-state index in [9.17, 15) is 0 Å². The maximum absolute atomic E-state index is 8.52. The van der Waals surface area contributed by atoms with E-state index in [2.05, 4.69) is 9.97 Å². The van der Waals surface area contributed by atoms with Crippen molar-refractivity contribution in [3.63, 3.8) is 0 Å². The lowest BCUT2D eigenvalue weighted by Gasteiger charge is -1.79. The van der Waals surface area contributed by atoms with E-state index in [1.165, 1.54) is 11.3 Å². The van der Waals surface area contributed by atoms with Gasteiger partial charge in [-0.2, -0.15) is 5.26 Å². The largest absolute Gasteiger partial charge is 0.263 e. The molecule has 11 heavy (non-hydrogen) atoms. The lowest BCUT2D eigenvalue weighted by atomic mass is 10.4. The molecule has 0 aliphatic carbocycles. The number of hydrogen-bond acceptors (Lipinski definition) is 4. The molecule has 0 spiro atoms. The summed E-state index contributed by atoms with van der Waals surface area (Å²) < 4.78 is 0.962. The van der Waals surface area contributed by atoms with Gasteiger partial charge in [0.25, 0.3) is 0 Å². The molecule has 0 amide bonds. The topological polar surface area (TPSA) is 49.6 Å². The van der Waals surface area contributed by atoms with Crippen molar-refractivity contribution in [3.8, 4) is 6.07 Å². The Hall–Kier alpha value is -1.47. The molecule has 0 saturated heterocycles. The van der Waals surface area contributed by atoms with Gasteiger partial charge in [0.2, 0.25) is 0 Å². The molecule has 0 fully saturated rings. The van der Waals surface area contributed by atoms with E-state index in [4.69, 9.17) is 5.26 Å². The molecule has 3 nitrogen and oxygen atoms in total. The van der Waals surface area contributed by atoms with Gasteiger partial charge in [-0.25, -0.2) is 4.98 Å². The van der Waals surface area contributed by atoms with Crippen LogP contribution in [0.1, 0.15) is 5.01 Å². The van der Waals surface area contributed by atoms with Gasteiger partial charge in [-0.05, 0) is 6.07 Å². The van der Waals surface area contributed by atoms with Crippen LogP contribution in [-0.4, -0.2) is 9.97 Å². The molecule has 0 bridgehead atoms. The Labute approximate surface area is 67.0 Å². The van der Waals surface area contributed by atoms with E-state index in [1.807, 2.05) is 6.07 Å². The fourth-order valence-corrected chi connectivity index (χ4v) is 1.56. The molecule has 0 N–H and O–H groups in total. The maximum atomic E-state index is 8.52. The van der Waals surface area contributed by atoms with Crippen LogP contribution in [0.25, 0.3) is 10.2 Å². The van der Waals surface area contributed by atoms with Crippen LogP contribution in [0.2, 0.25) is 0 Å². The quantitative estimate of drug-likeness (QED) is 0.589. The van der Waals surface area contributed by atoms with Gasteiger partial charge < -0.3 is 0 Å². The third kappa shape index (κ3) is 0.954. The highest BCUT2D eigenvalue weighted by Crippen LogP contribution is 2.19. The minimum absolute atomic E-state index is 0.494. The van der Waals surface area contributed by atoms with Crippen molar-refractivity contribution < 1.29 is 0 Å². The van der Waals surface area contributed by atoms with Gasteiger partial charge in [-0.3, -0.25) is 4.98 Å². The zero-order chi connectivity index (χ0) is 7.68. The first-order valence-electron chi connectivity index (χ1n) is 3.01. The molecule has 52 valence electrons. The third-order valence-electron chi connectivity index (χ3n) is 1.29. The zero-order valence-corrected chi connectivity index (χ0v) is 6.30. The third-order valence-corrected chi connectivity index (χ3v) is 2.20. The van der Waals surface area contributed by atoms with Crippen LogP contribution in [0.15, 0.2) is 18.5 Å². The van der Waals surface area contributed by atoms with Crippen molar-refractivity contribution in [2.45, 2.75) is 0 Å². The first-order chi connectivity index (χ1) is 5.40. The minimum atomic E-state index is 0.494. The summed E-state index contributed by atoms with van der Waals surface area (Å²) in [6, 6.07) is 3.79. The van der Waals surface area contributed by atoms with Gasteiger partial charge >= 0.3 is 0 Å². The highest BCUT2D eigenvalue weighted by molar-refractivity contribution is 7.19. The van der Waals surface area contributed by atoms with E-state index >= 15 is 0 Å².